The maximum atomic E-state index is 11.2. The van der Waals surface area contributed by atoms with Gasteiger partial charge in [-0.3, -0.25) is 4.68 Å². The molecule has 0 aliphatic heterocycles. The highest BCUT2D eigenvalue weighted by atomic mass is 32.2. The predicted molar refractivity (Wildman–Crippen MR) is 98.4 cm³/mol. The molecule has 0 atom stereocenters. The molecule has 2 rings (SSSR count). The number of aryl methyl sites for hydroxylation is 1. The number of hydrogen-bond donors (Lipinski definition) is 1. The largest absolute Gasteiger partial charge is 0.511 e. The Hall–Kier alpha value is -2.15. The van der Waals surface area contributed by atoms with Crippen molar-refractivity contribution < 1.29 is 34.8 Å². The minimum Gasteiger partial charge on any atom is -0.252 e. The zero-order valence-electron chi connectivity index (χ0n) is 16.0. The van der Waals surface area contributed by atoms with E-state index in [0.29, 0.717) is 0 Å². The molecule has 30 heavy (non-hydrogen) atoms. The molecule has 1 heterocycles. The summed E-state index contributed by atoms with van der Waals surface area (Å²) < 4.78 is 87.8. The van der Waals surface area contributed by atoms with Gasteiger partial charge >= 0.3 is 21.8 Å². The summed E-state index contributed by atoms with van der Waals surface area (Å²) in [4.78, 5) is 0. The fraction of sp³-hybridized carbons (Fsp3) is 0.529. The van der Waals surface area contributed by atoms with Gasteiger partial charge in [0.15, 0.2) is 0 Å². The quantitative estimate of drug-likeness (QED) is 0.347. The molecule has 6 nitrogen and oxygen atoms in total. The molecule has 0 saturated carbocycles. The lowest BCUT2D eigenvalue weighted by atomic mass is 10.1. The number of nitrogens with zero attached hydrogens (tertiary/aromatic N) is 3. The topological polar surface area (TPSA) is 76.9 Å². The Bertz CT molecular complexity index is 851. The van der Waals surface area contributed by atoms with Crippen LogP contribution in [-0.2, 0) is 16.6 Å². The number of sulfonamides is 1. The Morgan fingerprint density at radius 3 is 2.07 bits per heavy atom. The number of halogens is 6. The van der Waals surface area contributed by atoms with E-state index in [9.17, 15) is 34.8 Å². The van der Waals surface area contributed by atoms with E-state index in [0.717, 1.165) is 17.8 Å². The molecule has 0 amide bonds. The van der Waals surface area contributed by atoms with Crippen molar-refractivity contribution in [3.05, 3.63) is 36.5 Å². The van der Waals surface area contributed by atoms with E-state index in [2.05, 4.69) is 29.4 Å². The molecule has 2 aromatic rings. The van der Waals surface area contributed by atoms with Crippen LogP contribution in [0, 0.1) is 0 Å². The molecule has 1 aromatic carbocycles. The standard InChI is InChI=1S/C15H21N3.C2HF6NO2S/c1-2-3-4-5-9-12-18-13-15(16-17-18)14-10-7-6-8-11-14;3-1(4,5)9-12(10,11)2(6,7)8/h6-8,10-11,13H,2-5,9,12H2,1H3;9H. The van der Waals surface area contributed by atoms with Crippen molar-refractivity contribution >= 4 is 10.0 Å². The van der Waals surface area contributed by atoms with Crippen LogP contribution in [0.3, 0.4) is 0 Å². The van der Waals surface area contributed by atoms with Crippen LogP contribution in [-0.4, -0.2) is 35.2 Å². The van der Waals surface area contributed by atoms with Crippen LogP contribution in [0.4, 0.5) is 26.3 Å². The SMILES string of the molecule is CCCCCCCn1cc(-c2ccccc2)nn1.O=S(=O)(NC(F)(F)F)C(F)(F)F. The zero-order valence-corrected chi connectivity index (χ0v) is 16.9. The minimum atomic E-state index is -6.33. The molecule has 13 heteroatoms. The molecule has 0 fully saturated rings. The lowest BCUT2D eigenvalue weighted by molar-refractivity contribution is -0.143. The van der Waals surface area contributed by atoms with E-state index in [1.165, 1.54) is 32.1 Å². The number of benzene rings is 1. The molecule has 170 valence electrons. The van der Waals surface area contributed by atoms with Gasteiger partial charge in [-0.1, -0.05) is 68.2 Å². The van der Waals surface area contributed by atoms with Gasteiger partial charge in [0.2, 0.25) is 0 Å². The fourth-order valence-electron chi connectivity index (χ4n) is 2.24. The van der Waals surface area contributed by atoms with Crippen molar-refractivity contribution in [2.45, 2.75) is 57.4 Å². The molecule has 0 bridgehead atoms. The third-order valence-electron chi connectivity index (χ3n) is 3.65. The van der Waals surface area contributed by atoms with Gasteiger partial charge in [-0.15, -0.1) is 9.82 Å². The number of aromatic nitrogens is 3. The molecular weight excluding hydrogens is 438 g/mol. The summed E-state index contributed by atoms with van der Waals surface area (Å²) in [6, 6.07) is 10.2. The summed E-state index contributed by atoms with van der Waals surface area (Å²) >= 11 is 0. The van der Waals surface area contributed by atoms with Gasteiger partial charge in [0.05, 0.1) is 6.20 Å². The van der Waals surface area contributed by atoms with Gasteiger partial charge in [0.25, 0.3) is 0 Å². The normalized spacial score (nSPS) is 12.4. The second-order valence-electron chi connectivity index (χ2n) is 6.20. The van der Waals surface area contributed by atoms with E-state index in [1.54, 1.807) is 0 Å². The maximum Gasteiger partial charge on any atom is 0.511 e. The first-order valence-electron chi connectivity index (χ1n) is 8.98. The summed E-state index contributed by atoms with van der Waals surface area (Å²) in [7, 11) is -6.33. The lowest BCUT2D eigenvalue weighted by Crippen LogP contribution is -2.44. The van der Waals surface area contributed by atoms with Crippen LogP contribution >= 0.6 is 0 Å². The smallest absolute Gasteiger partial charge is 0.252 e. The molecule has 0 saturated heterocycles. The van der Waals surface area contributed by atoms with Crippen LogP contribution in [0.15, 0.2) is 36.5 Å². The zero-order chi connectivity index (χ0) is 22.8. The molecule has 1 N–H and O–H groups in total. The summed E-state index contributed by atoms with van der Waals surface area (Å²) in [6.45, 7) is 3.22. The number of unbranched alkanes of at least 4 members (excludes halogenated alkanes) is 4. The van der Waals surface area contributed by atoms with E-state index in [1.807, 2.05) is 29.1 Å². The summed E-state index contributed by atoms with van der Waals surface area (Å²) in [6.07, 6.45) is 2.86. The van der Waals surface area contributed by atoms with Crippen LogP contribution in [0.5, 0.6) is 0 Å². The summed E-state index contributed by atoms with van der Waals surface area (Å²) in [5.74, 6) is 0. The molecular formula is C17H22F6N4O2S. The number of rotatable bonds is 8. The number of alkyl halides is 6. The highest BCUT2D eigenvalue weighted by Gasteiger charge is 2.51. The third kappa shape index (κ3) is 9.57. The molecule has 0 unspecified atom stereocenters. The lowest BCUT2D eigenvalue weighted by Gasteiger charge is -2.10. The third-order valence-corrected chi connectivity index (χ3v) is 4.76. The summed E-state index contributed by atoms with van der Waals surface area (Å²) in [5.41, 5.74) is -3.86. The highest BCUT2D eigenvalue weighted by Crippen LogP contribution is 2.25. The first kappa shape index (κ1) is 25.9. The van der Waals surface area contributed by atoms with E-state index < -0.39 is 26.6 Å². The van der Waals surface area contributed by atoms with Crippen molar-refractivity contribution in [3.63, 3.8) is 0 Å². The maximum absolute atomic E-state index is 11.2. The van der Waals surface area contributed by atoms with Crippen molar-refractivity contribution in [2.24, 2.45) is 0 Å². The Morgan fingerprint density at radius 2 is 1.57 bits per heavy atom. The van der Waals surface area contributed by atoms with Crippen LogP contribution in [0.2, 0.25) is 0 Å². The van der Waals surface area contributed by atoms with Crippen LogP contribution in [0.25, 0.3) is 11.3 Å². The average molecular weight is 460 g/mol. The van der Waals surface area contributed by atoms with Crippen LogP contribution in [0.1, 0.15) is 39.0 Å². The Labute approximate surface area is 170 Å². The first-order chi connectivity index (χ1) is 13.9. The van der Waals surface area contributed by atoms with Gasteiger partial charge in [-0.05, 0) is 6.42 Å². The van der Waals surface area contributed by atoms with Gasteiger partial charge in [-0.2, -0.15) is 26.3 Å². The van der Waals surface area contributed by atoms with Crippen LogP contribution < -0.4 is 4.72 Å². The number of hydrogen-bond acceptors (Lipinski definition) is 4. The second-order valence-corrected chi connectivity index (χ2v) is 7.87. The van der Waals surface area contributed by atoms with Gasteiger partial charge < -0.3 is 0 Å². The molecule has 0 radical (unpaired) electrons. The van der Waals surface area contributed by atoms with E-state index in [-0.39, 0.29) is 0 Å². The Morgan fingerprint density at radius 1 is 0.967 bits per heavy atom. The Balaban J connectivity index is 0.000000329. The van der Waals surface area contributed by atoms with Gasteiger partial charge in [0.1, 0.15) is 5.69 Å². The molecule has 0 spiro atoms. The van der Waals surface area contributed by atoms with Gasteiger partial charge in [0, 0.05) is 12.1 Å². The monoisotopic (exact) mass is 460 g/mol. The first-order valence-corrected chi connectivity index (χ1v) is 10.5. The van der Waals surface area contributed by atoms with Crippen molar-refractivity contribution in [1.29, 1.82) is 0 Å². The molecule has 0 aliphatic carbocycles. The second kappa shape index (κ2) is 11.3. The van der Waals surface area contributed by atoms with Crippen molar-refractivity contribution in [3.8, 4) is 11.3 Å². The minimum absolute atomic E-state index is 0.517. The fourth-order valence-corrected chi connectivity index (χ4v) is 2.66. The van der Waals surface area contributed by atoms with E-state index in [4.69, 9.17) is 0 Å². The molecule has 0 aliphatic rings. The Kier molecular flexibility index (Phi) is 9.75. The molecule has 1 aromatic heterocycles. The predicted octanol–water partition coefficient (Wildman–Crippen LogP) is 4.86. The summed E-state index contributed by atoms with van der Waals surface area (Å²) in [5, 5.41) is 8.39. The van der Waals surface area contributed by atoms with E-state index >= 15 is 0 Å². The van der Waals surface area contributed by atoms with Crippen molar-refractivity contribution in [1.82, 2.24) is 19.7 Å². The highest BCUT2D eigenvalue weighted by molar-refractivity contribution is 7.90. The van der Waals surface area contributed by atoms with Gasteiger partial charge in [-0.25, -0.2) is 8.42 Å². The van der Waals surface area contributed by atoms with Crippen molar-refractivity contribution in [2.75, 3.05) is 0 Å². The number of nitrogens with one attached hydrogen (secondary N) is 1. The average Bonchev–Trinajstić information content (AvgIpc) is 3.09.